The second-order valence-electron chi connectivity index (χ2n) is 6.25. The standard InChI is InChI=1S/C18H12F3N9/c1-30(16-11-4-5-14(23)26-15(11)27-28-16)17-25-13(8-24-29-17)10-3-2-9(7-22)6-12(10)18(19,20)21/h2-6,8H,1H3,(H3,23,26,27,28). The van der Waals surface area contributed by atoms with Crippen molar-refractivity contribution in [2.45, 2.75) is 6.18 Å². The topological polar surface area (TPSA) is 133 Å². The number of fused-ring (bicyclic) bond motifs is 1. The summed E-state index contributed by atoms with van der Waals surface area (Å²) in [5.74, 6) is 0.725. The zero-order valence-electron chi connectivity index (χ0n) is 15.3. The summed E-state index contributed by atoms with van der Waals surface area (Å²) in [5.41, 5.74) is 4.73. The zero-order valence-corrected chi connectivity index (χ0v) is 15.3. The molecule has 0 bridgehead atoms. The van der Waals surface area contributed by atoms with Crippen LogP contribution in [0.3, 0.4) is 0 Å². The number of aromatic amines is 1. The molecular formula is C18H12F3N9. The predicted octanol–water partition coefficient (Wildman–Crippen LogP) is 3.05. The SMILES string of the molecule is CN(c1nncc(-c2ccc(C#N)cc2C(F)(F)F)n1)c1n[nH]c2nc(N)ccc12. The van der Waals surface area contributed by atoms with Gasteiger partial charge in [0, 0.05) is 12.6 Å². The molecular weight excluding hydrogens is 399 g/mol. The van der Waals surface area contributed by atoms with Crippen LogP contribution < -0.4 is 10.6 Å². The van der Waals surface area contributed by atoms with Gasteiger partial charge < -0.3 is 5.73 Å². The van der Waals surface area contributed by atoms with Crippen molar-refractivity contribution in [2.75, 3.05) is 17.7 Å². The van der Waals surface area contributed by atoms with E-state index in [4.69, 9.17) is 11.0 Å². The Kier molecular flexibility index (Phi) is 4.42. The van der Waals surface area contributed by atoms with Crippen molar-refractivity contribution in [1.29, 1.82) is 5.26 Å². The van der Waals surface area contributed by atoms with E-state index >= 15 is 0 Å². The van der Waals surface area contributed by atoms with Crippen molar-refractivity contribution >= 4 is 28.6 Å². The second kappa shape index (κ2) is 6.96. The number of nitrogens with zero attached hydrogens (tertiary/aromatic N) is 7. The average molecular weight is 411 g/mol. The minimum Gasteiger partial charge on any atom is -0.384 e. The number of H-pyrrole nitrogens is 1. The van der Waals surface area contributed by atoms with Crippen LogP contribution in [0.2, 0.25) is 0 Å². The number of pyridine rings is 1. The van der Waals surface area contributed by atoms with E-state index in [1.165, 1.54) is 17.0 Å². The van der Waals surface area contributed by atoms with Crippen LogP contribution >= 0.6 is 0 Å². The van der Waals surface area contributed by atoms with Gasteiger partial charge in [-0.1, -0.05) is 6.07 Å². The number of aromatic nitrogens is 6. The van der Waals surface area contributed by atoms with E-state index in [0.29, 0.717) is 22.7 Å². The molecule has 4 rings (SSSR count). The summed E-state index contributed by atoms with van der Waals surface area (Å²) in [7, 11) is 1.59. The fourth-order valence-electron chi connectivity index (χ4n) is 2.89. The first-order valence-corrected chi connectivity index (χ1v) is 8.43. The first-order chi connectivity index (χ1) is 14.3. The van der Waals surface area contributed by atoms with Crippen molar-refractivity contribution in [3.05, 3.63) is 47.7 Å². The van der Waals surface area contributed by atoms with Gasteiger partial charge in [-0.15, -0.1) is 5.10 Å². The summed E-state index contributed by atoms with van der Waals surface area (Å²) in [6.07, 6.45) is -3.55. The summed E-state index contributed by atoms with van der Waals surface area (Å²) in [6.45, 7) is 0. The summed E-state index contributed by atoms with van der Waals surface area (Å²) < 4.78 is 40.6. The Hall–Kier alpha value is -4.27. The first-order valence-electron chi connectivity index (χ1n) is 8.43. The molecule has 0 unspecified atom stereocenters. The van der Waals surface area contributed by atoms with Crippen LogP contribution in [0, 0.1) is 11.3 Å². The highest BCUT2D eigenvalue weighted by molar-refractivity contribution is 5.90. The van der Waals surface area contributed by atoms with Crippen LogP contribution in [0.4, 0.5) is 30.8 Å². The Morgan fingerprint density at radius 3 is 2.70 bits per heavy atom. The maximum absolute atomic E-state index is 13.5. The highest BCUT2D eigenvalue weighted by Gasteiger charge is 2.34. The van der Waals surface area contributed by atoms with Crippen molar-refractivity contribution in [3.63, 3.8) is 0 Å². The predicted molar refractivity (Wildman–Crippen MR) is 101 cm³/mol. The maximum Gasteiger partial charge on any atom is 0.417 e. The van der Waals surface area contributed by atoms with Crippen LogP contribution in [-0.4, -0.2) is 37.4 Å². The number of nitrogens with one attached hydrogen (secondary N) is 1. The van der Waals surface area contributed by atoms with Crippen LogP contribution in [0.25, 0.3) is 22.3 Å². The van der Waals surface area contributed by atoms with E-state index in [-0.39, 0.29) is 22.8 Å². The van der Waals surface area contributed by atoms with Gasteiger partial charge in [-0.2, -0.15) is 28.6 Å². The molecule has 0 amide bonds. The van der Waals surface area contributed by atoms with Gasteiger partial charge in [-0.25, -0.2) is 9.97 Å². The molecule has 150 valence electrons. The maximum atomic E-state index is 13.5. The number of nitrogens with two attached hydrogens (primary N) is 1. The molecule has 0 saturated heterocycles. The molecule has 0 saturated carbocycles. The van der Waals surface area contributed by atoms with Gasteiger partial charge in [0.2, 0.25) is 0 Å². The van der Waals surface area contributed by atoms with Crippen LogP contribution in [0.5, 0.6) is 0 Å². The van der Waals surface area contributed by atoms with Crippen molar-refractivity contribution in [3.8, 4) is 17.3 Å². The first kappa shape index (κ1) is 19.1. The fraction of sp³-hybridized carbons (Fsp3) is 0.111. The molecule has 0 aliphatic rings. The summed E-state index contributed by atoms with van der Waals surface area (Å²) in [4.78, 5) is 9.80. The number of benzene rings is 1. The smallest absolute Gasteiger partial charge is 0.384 e. The molecule has 30 heavy (non-hydrogen) atoms. The number of alkyl halides is 3. The quantitative estimate of drug-likeness (QED) is 0.525. The number of hydrogen-bond donors (Lipinski definition) is 2. The lowest BCUT2D eigenvalue weighted by molar-refractivity contribution is -0.137. The lowest BCUT2D eigenvalue weighted by Gasteiger charge is -2.16. The molecule has 3 N–H and O–H groups in total. The number of rotatable bonds is 3. The normalized spacial score (nSPS) is 11.4. The highest BCUT2D eigenvalue weighted by atomic mass is 19.4. The molecule has 12 heteroatoms. The van der Waals surface area contributed by atoms with Crippen molar-refractivity contribution < 1.29 is 13.2 Å². The number of halogens is 3. The van der Waals surface area contributed by atoms with E-state index in [2.05, 4.69) is 30.4 Å². The summed E-state index contributed by atoms with van der Waals surface area (Å²) in [5, 5.41) is 24.1. The molecule has 9 nitrogen and oxygen atoms in total. The van der Waals surface area contributed by atoms with Gasteiger partial charge in [0.25, 0.3) is 5.95 Å². The van der Waals surface area contributed by atoms with Gasteiger partial charge >= 0.3 is 6.18 Å². The fourth-order valence-corrected chi connectivity index (χ4v) is 2.89. The Labute approximate surface area is 167 Å². The number of anilines is 3. The van der Waals surface area contributed by atoms with Crippen molar-refractivity contribution in [1.82, 2.24) is 30.4 Å². The van der Waals surface area contributed by atoms with Gasteiger partial charge in [0.05, 0.1) is 34.5 Å². The molecule has 3 heterocycles. The number of nitrogen functional groups attached to an aromatic ring is 1. The van der Waals surface area contributed by atoms with E-state index in [1.54, 1.807) is 25.2 Å². The minimum atomic E-state index is -4.68. The number of nitriles is 1. The van der Waals surface area contributed by atoms with Gasteiger partial charge in [0.15, 0.2) is 11.5 Å². The average Bonchev–Trinajstić information content (AvgIpc) is 3.15. The Bertz CT molecular complexity index is 1290. The van der Waals surface area contributed by atoms with E-state index < -0.39 is 11.7 Å². The third-order valence-corrected chi connectivity index (χ3v) is 4.32. The molecule has 0 aliphatic carbocycles. The zero-order chi connectivity index (χ0) is 21.5. The van der Waals surface area contributed by atoms with Crippen LogP contribution in [0.1, 0.15) is 11.1 Å². The van der Waals surface area contributed by atoms with E-state index in [1.807, 2.05) is 0 Å². The Morgan fingerprint density at radius 2 is 1.97 bits per heavy atom. The van der Waals surface area contributed by atoms with Crippen LogP contribution in [-0.2, 0) is 6.18 Å². The second-order valence-corrected chi connectivity index (χ2v) is 6.25. The monoisotopic (exact) mass is 411 g/mol. The highest BCUT2D eigenvalue weighted by Crippen LogP contribution is 2.37. The molecule has 0 atom stereocenters. The molecule has 3 aromatic heterocycles. The minimum absolute atomic E-state index is 0.0233. The summed E-state index contributed by atoms with van der Waals surface area (Å²) in [6, 6.07) is 8.25. The molecule has 4 aromatic rings. The van der Waals surface area contributed by atoms with Crippen molar-refractivity contribution in [2.24, 2.45) is 0 Å². The molecule has 0 spiro atoms. The molecule has 0 radical (unpaired) electrons. The summed E-state index contributed by atoms with van der Waals surface area (Å²) >= 11 is 0. The van der Waals surface area contributed by atoms with Gasteiger partial charge in [-0.3, -0.25) is 10.00 Å². The molecule has 0 fully saturated rings. The van der Waals surface area contributed by atoms with Gasteiger partial charge in [-0.05, 0) is 24.3 Å². The third-order valence-electron chi connectivity index (χ3n) is 4.32. The Balaban J connectivity index is 1.79. The van der Waals surface area contributed by atoms with Gasteiger partial charge in [0.1, 0.15) is 5.82 Å². The molecule has 1 aromatic carbocycles. The largest absolute Gasteiger partial charge is 0.417 e. The number of hydrogen-bond acceptors (Lipinski definition) is 8. The van der Waals surface area contributed by atoms with E-state index in [9.17, 15) is 13.2 Å². The van der Waals surface area contributed by atoms with E-state index in [0.717, 1.165) is 12.3 Å². The van der Waals surface area contributed by atoms with Crippen LogP contribution in [0.15, 0.2) is 36.5 Å². The molecule has 0 aliphatic heterocycles. The lowest BCUT2D eigenvalue weighted by atomic mass is 10.0. The third kappa shape index (κ3) is 3.32. The lowest BCUT2D eigenvalue weighted by Crippen LogP contribution is -2.15. The Morgan fingerprint density at radius 1 is 1.17 bits per heavy atom.